The number of halogens is 3. The average Bonchev–Trinajstić information content (AvgIpc) is 2.35. The Bertz CT molecular complexity index is 582. The molecule has 0 bridgehead atoms. The summed E-state index contributed by atoms with van der Waals surface area (Å²) in [6.07, 6.45) is 1.49. The summed E-state index contributed by atoms with van der Waals surface area (Å²) in [5.41, 5.74) is 2.31. The van der Waals surface area contributed by atoms with Gasteiger partial charge >= 0.3 is 0 Å². The lowest BCUT2D eigenvalue weighted by molar-refractivity contribution is 0.454. The van der Waals surface area contributed by atoms with Crippen molar-refractivity contribution in [2.45, 2.75) is 0 Å². The average molecular weight is 378 g/mol. The van der Waals surface area contributed by atoms with E-state index in [-0.39, 0.29) is 17.6 Å². The van der Waals surface area contributed by atoms with Gasteiger partial charge in [-0.3, -0.25) is 5.43 Å². The van der Waals surface area contributed by atoms with Crippen molar-refractivity contribution < 1.29 is 9.13 Å². The Labute approximate surface area is 119 Å². The summed E-state index contributed by atoms with van der Waals surface area (Å²) >= 11 is 6.45. The number of rotatable bonds is 3. The highest BCUT2D eigenvalue weighted by molar-refractivity contribution is 9.11. The Balaban J connectivity index is 2.33. The summed E-state index contributed by atoms with van der Waals surface area (Å²) in [5, 5.41) is 0. The molecule has 0 aliphatic heterocycles. The Hall–Kier alpha value is -1.25. The minimum absolute atomic E-state index is 0.214. The fraction of sp³-hybridized carbons (Fsp3) is 0. The van der Waals surface area contributed by atoms with E-state index in [1.807, 2.05) is 0 Å². The highest BCUT2D eigenvalue weighted by Gasteiger charge is 2.10. The van der Waals surface area contributed by atoms with Crippen LogP contribution in [0, 0.1) is 5.82 Å². The van der Waals surface area contributed by atoms with E-state index in [0.29, 0.717) is 14.7 Å². The number of aromatic nitrogens is 2. The Morgan fingerprint density at radius 2 is 2.06 bits per heavy atom. The van der Waals surface area contributed by atoms with Crippen molar-refractivity contribution in [3.05, 3.63) is 39.2 Å². The monoisotopic (exact) mass is 376 g/mol. The molecule has 2 rings (SSSR count). The number of anilines is 1. The van der Waals surface area contributed by atoms with Crippen LogP contribution in [-0.2, 0) is 0 Å². The Morgan fingerprint density at radius 3 is 2.72 bits per heavy atom. The number of ether oxygens (including phenoxy) is 1. The van der Waals surface area contributed by atoms with Crippen LogP contribution in [-0.4, -0.2) is 9.97 Å². The van der Waals surface area contributed by atoms with E-state index in [1.165, 1.54) is 24.4 Å². The Kier molecular flexibility index (Phi) is 4.10. The number of hydrazine groups is 1. The SMILES string of the molecule is NNc1ncc(Br)c(Oc2ccc(F)cc2Br)n1. The van der Waals surface area contributed by atoms with Gasteiger partial charge in [-0.1, -0.05) is 0 Å². The first kappa shape index (κ1) is 13.2. The second kappa shape index (κ2) is 5.59. The summed E-state index contributed by atoms with van der Waals surface area (Å²) in [6.45, 7) is 0. The van der Waals surface area contributed by atoms with Crippen LogP contribution in [0.5, 0.6) is 11.6 Å². The van der Waals surface area contributed by atoms with E-state index < -0.39 is 0 Å². The van der Waals surface area contributed by atoms with Crippen molar-refractivity contribution in [2.24, 2.45) is 5.84 Å². The topological polar surface area (TPSA) is 73.1 Å². The minimum Gasteiger partial charge on any atom is -0.436 e. The maximum absolute atomic E-state index is 12.9. The van der Waals surface area contributed by atoms with Crippen molar-refractivity contribution in [2.75, 3.05) is 5.43 Å². The third-order valence-corrected chi connectivity index (χ3v) is 3.11. The lowest BCUT2D eigenvalue weighted by atomic mass is 10.3. The van der Waals surface area contributed by atoms with Crippen molar-refractivity contribution in [3.63, 3.8) is 0 Å². The summed E-state index contributed by atoms with van der Waals surface area (Å²) in [6, 6.07) is 4.08. The lowest BCUT2D eigenvalue weighted by Gasteiger charge is -2.09. The molecule has 0 radical (unpaired) electrons. The molecule has 94 valence electrons. The molecule has 1 aromatic heterocycles. The highest BCUT2D eigenvalue weighted by atomic mass is 79.9. The van der Waals surface area contributed by atoms with Crippen LogP contribution in [0.3, 0.4) is 0 Å². The predicted molar refractivity (Wildman–Crippen MR) is 71.7 cm³/mol. The predicted octanol–water partition coefficient (Wildman–Crippen LogP) is 3.22. The first-order valence-corrected chi connectivity index (χ1v) is 6.31. The quantitative estimate of drug-likeness (QED) is 0.634. The standard InChI is InChI=1S/C10H7Br2FN4O/c11-6-3-5(13)1-2-8(6)18-9-7(12)4-15-10(16-9)17-14/h1-4H,14H2,(H,15,16,17). The van der Waals surface area contributed by atoms with E-state index in [4.69, 9.17) is 10.6 Å². The molecular formula is C10H7Br2FN4O. The van der Waals surface area contributed by atoms with Crippen LogP contribution >= 0.6 is 31.9 Å². The molecule has 0 fully saturated rings. The van der Waals surface area contributed by atoms with Crippen molar-refractivity contribution in [3.8, 4) is 11.6 Å². The van der Waals surface area contributed by atoms with Gasteiger partial charge in [-0.25, -0.2) is 15.2 Å². The van der Waals surface area contributed by atoms with Gasteiger partial charge < -0.3 is 4.74 Å². The van der Waals surface area contributed by atoms with Crippen LogP contribution in [0.15, 0.2) is 33.3 Å². The molecule has 0 atom stereocenters. The molecule has 5 nitrogen and oxygen atoms in total. The van der Waals surface area contributed by atoms with Gasteiger partial charge in [0.15, 0.2) is 0 Å². The van der Waals surface area contributed by atoms with Crippen LogP contribution in [0.1, 0.15) is 0 Å². The van der Waals surface area contributed by atoms with Gasteiger partial charge in [0.25, 0.3) is 0 Å². The number of nitrogens with zero attached hydrogens (tertiary/aromatic N) is 2. The summed E-state index contributed by atoms with van der Waals surface area (Å²) < 4.78 is 19.5. The first-order chi connectivity index (χ1) is 8.60. The second-order valence-electron chi connectivity index (χ2n) is 3.17. The number of benzene rings is 1. The van der Waals surface area contributed by atoms with Gasteiger partial charge in [-0.05, 0) is 50.1 Å². The van der Waals surface area contributed by atoms with Gasteiger partial charge in [-0.2, -0.15) is 4.98 Å². The molecule has 1 aromatic carbocycles. The van der Waals surface area contributed by atoms with Gasteiger partial charge in [0.05, 0.1) is 15.1 Å². The molecule has 0 saturated carbocycles. The highest BCUT2D eigenvalue weighted by Crippen LogP contribution is 2.32. The molecule has 8 heteroatoms. The van der Waals surface area contributed by atoms with Crippen molar-refractivity contribution in [1.82, 2.24) is 9.97 Å². The van der Waals surface area contributed by atoms with Crippen LogP contribution in [0.2, 0.25) is 0 Å². The third kappa shape index (κ3) is 2.95. The third-order valence-electron chi connectivity index (χ3n) is 1.94. The van der Waals surface area contributed by atoms with Crippen LogP contribution in [0.4, 0.5) is 10.3 Å². The van der Waals surface area contributed by atoms with Gasteiger partial charge in [-0.15, -0.1) is 0 Å². The lowest BCUT2D eigenvalue weighted by Crippen LogP contribution is -2.10. The Morgan fingerprint density at radius 1 is 1.28 bits per heavy atom. The zero-order valence-electron chi connectivity index (χ0n) is 8.82. The molecule has 1 heterocycles. The number of nitrogens with two attached hydrogens (primary N) is 1. The fourth-order valence-corrected chi connectivity index (χ4v) is 1.86. The molecule has 18 heavy (non-hydrogen) atoms. The maximum Gasteiger partial charge on any atom is 0.240 e. The van der Waals surface area contributed by atoms with Gasteiger partial charge in [0.2, 0.25) is 11.8 Å². The van der Waals surface area contributed by atoms with E-state index >= 15 is 0 Å². The summed E-state index contributed by atoms with van der Waals surface area (Å²) in [5.74, 6) is 5.76. The number of nitrogen functional groups attached to an aromatic ring is 1. The van der Waals surface area contributed by atoms with E-state index in [1.54, 1.807) is 0 Å². The number of hydrogen-bond acceptors (Lipinski definition) is 5. The van der Waals surface area contributed by atoms with E-state index in [2.05, 4.69) is 47.3 Å². The van der Waals surface area contributed by atoms with Crippen molar-refractivity contribution in [1.29, 1.82) is 0 Å². The summed E-state index contributed by atoms with van der Waals surface area (Å²) in [4.78, 5) is 7.91. The molecule has 0 unspecified atom stereocenters. The molecular weight excluding hydrogens is 371 g/mol. The molecule has 3 N–H and O–H groups in total. The fourth-order valence-electron chi connectivity index (χ4n) is 1.15. The molecule has 0 saturated heterocycles. The van der Waals surface area contributed by atoms with E-state index in [0.717, 1.165) is 0 Å². The molecule has 0 aliphatic rings. The smallest absolute Gasteiger partial charge is 0.240 e. The van der Waals surface area contributed by atoms with Gasteiger partial charge in [0.1, 0.15) is 11.6 Å². The van der Waals surface area contributed by atoms with Crippen molar-refractivity contribution >= 4 is 37.8 Å². The largest absolute Gasteiger partial charge is 0.436 e. The zero-order chi connectivity index (χ0) is 13.1. The molecule has 2 aromatic rings. The number of nitrogens with one attached hydrogen (secondary N) is 1. The van der Waals surface area contributed by atoms with E-state index in [9.17, 15) is 4.39 Å². The zero-order valence-corrected chi connectivity index (χ0v) is 12.0. The van der Waals surface area contributed by atoms with Crippen LogP contribution < -0.4 is 16.0 Å². The van der Waals surface area contributed by atoms with Gasteiger partial charge in [0, 0.05) is 0 Å². The second-order valence-corrected chi connectivity index (χ2v) is 4.88. The first-order valence-electron chi connectivity index (χ1n) is 4.72. The summed E-state index contributed by atoms with van der Waals surface area (Å²) in [7, 11) is 0. The number of hydrogen-bond donors (Lipinski definition) is 2. The minimum atomic E-state index is -0.361. The maximum atomic E-state index is 12.9. The molecule has 0 spiro atoms. The molecule has 0 amide bonds. The normalized spacial score (nSPS) is 10.2. The van der Waals surface area contributed by atoms with Crippen LogP contribution in [0.25, 0.3) is 0 Å². The molecule has 0 aliphatic carbocycles.